The zero-order chi connectivity index (χ0) is 13.8. The summed E-state index contributed by atoms with van der Waals surface area (Å²) in [7, 11) is 0. The van der Waals surface area contributed by atoms with Crippen molar-refractivity contribution >= 4 is 23.1 Å². The second kappa shape index (κ2) is 11.7. The van der Waals surface area contributed by atoms with Gasteiger partial charge in [-0.25, -0.2) is 4.98 Å². The van der Waals surface area contributed by atoms with E-state index in [0.29, 0.717) is 0 Å². The van der Waals surface area contributed by atoms with E-state index >= 15 is 0 Å². The van der Waals surface area contributed by atoms with E-state index in [4.69, 9.17) is 0 Å². The topological polar surface area (TPSA) is 33.1 Å². The molecule has 0 aromatic carbocycles. The minimum Gasteiger partial charge on any atom is -0.392 e. The summed E-state index contributed by atoms with van der Waals surface area (Å²) in [6.45, 7) is 2.26. The predicted molar refractivity (Wildman–Crippen MR) is 86.1 cm³/mol. The highest BCUT2D eigenvalue weighted by molar-refractivity contribution is 8.01. The van der Waals surface area contributed by atoms with Gasteiger partial charge in [-0.2, -0.15) is 0 Å². The highest BCUT2D eigenvalue weighted by Crippen LogP contribution is 2.22. The van der Waals surface area contributed by atoms with Gasteiger partial charge in [0, 0.05) is 17.3 Å². The molecule has 1 aromatic rings. The van der Waals surface area contributed by atoms with Crippen LogP contribution in [-0.4, -0.2) is 21.9 Å². The lowest BCUT2D eigenvalue weighted by atomic mass is 10.1. The van der Waals surface area contributed by atoms with Crippen LogP contribution < -0.4 is 0 Å². The van der Waals surface area contributed by atoms with Crippen molar-refractivity contribution in [1.29, 1.82) is 0 Å². The van der Waals surface area contributed by atoms with Crippen LogP contribution in [0.3, 0.4) is 0 Å². The van der Waals surface area contributed by atoms with Crippen LogP contribution in [0.2, 0.25) is 0 Å². The lowest BCUT2D eigenvalue weighted by Crippen LogP contribution is -2.09. The summed E-state index contributed by atoms with van der Waals surface area (Å²) in [5.41, 5.74) is 0. The van der Waals surface area contributed by atoms with Crippen LogP contribution in [0.1, 0.15) is 64.7 Å². The zero-order valence-electron chi connectivity index (χ0n) is 12.0. The van der Waals surface area contributed by atoms with Crippen LogP contribution in [0.15, 0.2) is 15.9 Å². The van der Waals surface area contributed by atoms with Crippen molar-refractivity contribution in [2.75, 3.05) is 5.75 Å². The number of nitrogens with zero attached hydrogens (tertiary/aromatic N) is 1. The smallest absolute Gasteiger partial charge is 0.149 e. The minimum absolute atomic E-state index is 0.172. The Hall–Kier alpha value is -0.0600. The van der Waals surface area contributed by atoms with Crippen LogP contribution in [0.25, 0.3) is 0 Å². The standard InChI is InChI=1S/C15H27NOS2/c1-2-3-4-5-6-7-8-9-10-14(17)13-19-15-16-11-12-18-15/h11-12,14,17H,2-10,13H2,1H3. The van der Waals surface area contributed by atoms with Gasteiger partial charge in [0.25, 0.3) is 0 Å². The highest BCUT2D eigenvalue weighted by Gasteiger charge is 2.06. The van der Waals surface area contributed by atoms with Crippen molar-refractivity contribution < 1.29 is 5.11 Å². The molecule has 4 heteroatoms. The van der Waals surface area contributed by atoms with E-state index in [0.717, 1.165) is 22.9 Å². The normalized spacial score (nSPS) is 12.7. The van der Waals surface area contributed by atoms with Crippen molar-refractivity contribution in [2.24, 2.45) is 0 Å². The lowest BCUT2D eigenvalue weighted by molar-refractivity contribution is 0.185. The summed E-state index contributed by atoms with van der Waals surface area (Å²) >= 11 is 3.32. The molecule has 0 radical (unpaired) electrons. The molecule has 19 heavy (non-hydrogen) atoms. The largest absolute Gasteiger partial charge is 0.392 e. The number of hydrogen-bond acceptors (Lipinski definition) is 4. The number of aliphatic hydroxyl groups is 1. The third kappa shape index (κ3) is 9.47. The van der Waals surface area contributed by atoms with Gasteiger partial charge in [-0.05, 0) is 6.42 Å². The Labute approximate surface area is 126 Å². The molecule has 1 atom stereocenters. The maximum absolute atomic E-state index is 9.88. The van der Waals surface area contributed by atoms with Gasteiger partial charge in [0.05, 0.1) is 6.10 Å². The molecule has 0 aliphatic rings. The monoisotopic (exact) mass is 301 g/mol. The van der Waals surface area contributed by atoms with Crippen LogP contribution in [-0.2, 0) is 0 Å². The van der Waals surface area contributed by atoms with Crippen LogP contribution >= 0.6 is 23.1 Å². The van der Waals surface area contributed by atoms with Gasteiger partial charge in [0.1, 0.15) is 4.34 Å². The van der Waals surface area contributed by atoms with E-state index in [9.17, 15) is 5.11 Å². The van der Waals surface area contributed by atoms with Crippen molar-refractivity contribution in [1.82, 2.24) is 4.98 Å². The quantitative estimate of drug-likeness (QED) is 0.429. The second-order valence-corrected chi connectivity index (χ2v) is 7.19. The summed E-state index contributed by atoms with van der Waals surface area (Å²) in [5.74, 6) is 0.782. The molecule has 0 fully saturated rings. The minimum atomic E-state index is -0.172. The summed E-state index contributed by atoms with van der Waals surface area (Å²) in [4.78, 5) is 4.20. The first-order valence-electron chi connectivity index (χ1n) is 7.53. The molecule has 1 heterocycles. The Morgan fingerprint density at radius 3 is 2.47 bits per heavy atom. The molecule has 0 bridgehead atoms. The van der Waals surface area contributed by atoms with Gasteiger partial charge in [-0.1, -0.05) is 70.1 Å². The maximum atomic E-state index is 9.88. The molecule has 0 aliphatic carbocycles. The molecule has 1 rings (SSSR count). The van der Waals surface area contributed by atoms with Gasteiger partial charge in [0.15, 0.2) is 0 Å². The van der Waals surface area contributed by atoms with Crippen molar-refractivity contribution in [3.05, 3.63) is 11.6 Å². The molecule has 1 N–H and O–H groups in total. The number of thioether (sulfide) groups is 1. The van der Waals surface area contributed by atoms with Gasteiger partial charge >= 0.3 is 0 Å². The average Bonchev–Trinajstić information content (AvgIpc) is 2.93. The van der Waals surface area contributed by atoms with Crippen LogP contribution in [0, 0.1) is 0 Å². The fourth-order valence-electron chi connectivity index (χ4n) is 2.05. The zero-order valence-corrected chi connectivity index (χ0v) is 13.6. The second-order valence-electron chi connectivity index (χ2n) is 5.03. The summed E-state index contributed by atoms with van der Waals surface area (Å²) in [6.07, 6.45) is 13.2. The third-order valence-electron chi connectivity index (χ3n) is 3.20. The Morgan fingerprint density at radius 2 is 1.84 bits per heavy atom. The third-order valence-corrected chi connectivity index (χ3v) is 5.31. The molecular weight excluding hydrogens is 274 g/mol. The van der Waals surface area contributed by atoms with Gasteiger partial charge in [-0.3, -0.25) is 0 Å². The lowest BCUT2D eigenvalue weighted by Gasteiger charge is -2.08. The van der Waals surface area contributed by atoms with E-state index in [1.165, 1.54) is 44.9 Å². The summed E-state index contributed by atoms with van der Waals surface area (Å²) < 4.78 is 1.06. The number of unbranched alkanes of at least 4 members (excludes halogenated alkanes) is 7. The Balaban J connectivity index is 1.86. The molecular formula is C15H27NOS2. The maximum Gasteiger partial charge on any atom is 0.149 e. The Bertz CT molecular complexity index is 290. The van der Waals surface area contributed by atoms with E-state index in [1.807, 2.05) is 11.6 Å². The SMILES string of the molecule is CCCCCCCCCCC(O)CSc1nccs1. The number of thiazole rings is 1. The van der Waals surface area contributed by atoms with E-state index < -0.39 is 0 Å². The Kier molecular flexibility index (Phi) is 10.5. The van der Waals surface area contributed by atoms with E-state index in [-0.39, 0.29) is 6.10 Å². The molecule has 1 unspecified atom stereocenters. The molecule has 110 valence electrons. The first-order chi connectivity index (χ1) is 9.33. The van der Waals surface area contributed by atoms with Gasteiger partial charge in [-0.15, -0.1) is 11.3 Å². The number of hydrogen-bond donors (Lipinski definition) is 1. The van der Waals surface area contributed by atoms with Crippen molar-refractivity contribution in [2.45, 2.75) is 75.2 Å². The molecule has 0 saturated heterocycles. The molecule has 2 nitrogen and oxygen atoms in total. The van der Waals surface area contributed by atoms with Crippen molar-refractivity contribution in [3.63, 3.8) is 0 Å². The Morgan fingerprint density at radius 1 is 1.16 bits per heavy atom. The number of aromatic nitrogens is 1. The average molecular weight is 302 g/mol. The molecule has 0 saturated carbocycles. The fraction of sp³-hybridized carbons (Fsp3) is 0.800. The van der Waals surface area contributed by atoms with E-state index in [1.54, 1.807) is 23.1 Å². The van der Waals surface area contributed by atoms with Crippen LogP contribution in [0.5, 0.6) is 0 Å². The predicted octanol–water partition coefficient (Wildman–Crippen LogP) is 5.13. The van der Waals surface area contributed by atoms with E-state index in [2.05, 4.69) is 11.9 Å². The summed E-state index contributed by atoms with van der Waals surface area (Å²) in [6, 6.07) is 0. The van der Waals surface area contributed by atoms with Crippen LogP contribution in [0.4, 0.5) is 0 Å². The van der Waals surface area contributed by atoms with Gasteiger partial charge < -0.3 is 5.11 Å². The highest BCUT2D eigenvalue weighted by atomic mass is 32.2. The molecule has 0 spiro atoms. The molecule has 1 aromatic heterocycles. The first kappa shape index (κ1) is 17.0. The number of aliphatic hydroxyl groups excluding tert-OH is 1. The summed E-state index contributed by atoms with van der Waals surface area (Å²) in [5, 5.41) is 11.9. The number of rotatable bonds is 12. The van der Waals surface area contributed by atoms with Gasteiger partial charge in [0.2, 0.25) is 0 Å². The molecule has 0 aliphatic heterocycles. The first-order valence-corrected chi connectivity index (χ1v) is 9.39. The fourth-order valence-corrected chi connectivity index (χ4v) is 3.69. The van der Waals surface area contributed by atoms with Crippen molar-refractivity contribution in [3.8, 4) is 0 Å². The molecule has 0 amide bonds.